The first-order chi connectivity index (χ1) is 10.1. The number of hydrogen-bond acceptors (Lipinski definition) is 4. The van der Waals surface area contributed by atoms with Crippen LogP contribution in [0.25, 0.3) is 0 Å². The third kappa shape index (κ3) is 4.32. The van der Waals surface area contributed by atoms with Gasteiger partial charge in [0.2, 0.25) is 5.91 Å². The van der Waals surface area contributed by atoms with Gasteiger partial charge in [-0.05, 0) is 25.5 Å². The number of carbonyl (C=O) groups is 2. The van der Waals surface area contributed by atoms with E-state index in [9.17, 15) is 9.59 Å². The molecule has 0 aliphatic carbocycles. The van der Waals surface area contributed by atoms with Crippen molar-refractivity contribution in [3.05, 3.63) is 24.2 Å². The number of carbonyl (C=O) groups excluding carboxylic acids is 2. The average molecular weight is 293 g/mol. The molecule has 1 aliphatic heterocycles. The van der Waals surface area contributed by atoms with Crippen LogP contribution in [0.3, 0.4) is 0 Å². The van der Waals surface area contributed by atoms with Crippen LogP contribution in [-0.2, 0) is 4.79 Å². The molecule has 6 heteroatoms. The number of furan rings is 1. The second kappa shape index (κ2) is 7.26. The van der Waals surface area contributed by atoms with E-state index in [1.165, 1.54) is 6.26 Å². The predicted octanol–water partition coefficient (Wildman–Crippen LogP) is 0.952. The van der Waals surface area contributed by atoms with Gasteiger partial charge in [-0.2, -0.15) is 0 Å². The molecule has 1 atom stereocenters. The lowest BCUT2D eigenvalue weighted by molar-refractivity contribution is -0.123. The van der Waals surface area contributed by atoms with Crippen LogP contribution in [0.2, 0.25) is 0 Å². The van der Waals surface area contributed by atoms with Crippen molar-refractivity contribution in [2.45, 2.75) is 26.3 Å². The zero-order valence-electron chi connectivity index (χ0n) is 12.7. The Morgan fingerprint density at radius 1 is 1.33 bits per heavy atom. The summed E-state index contributed by atoms with van der Waals surface area (Å²) in [6.45, 7) is 7.10. The lowest BCUT2D eigenvalue weighted by Gasteiger charge is -2.34. The van der Waals surface area contributed by atoms with Crippen molar-refractivity contribution >= 4 is 11.8 Å². The Hall–Kier alpha value is -1.82. The molecule has 1 N–H and O–H groups in total. The molecule has 1 saturated heterocycles. The van der Waals surface area contributed by atoms with E-state index in [2.05, 4.69) is 10.2 Å². The minimum atomic E-state index is -0.0799. The summed E-state index contributed by atoms with van der Waals surface area (Å²) in [6.07, 6.45) is 2.43. The van der Waals surface area contributed by atoms with Crippen LogP contribution in [0.1, 0.15) is 30.8 Å². The highest BCUT2D eigenvalue weighted by Gasteiger charge is 2.24. The SMILES string of the molecule is CCC(C)NC(=O)CN1CCN(C(=O)c2ccco2)CC1. The molecule has 0 bridgehead atoms. The van der Waals surface area contributed by atoms with Crippen LogP contribution in [0.4, 0.5) is 0 Å². The first-order valence-electron chi connectivity index (χ1n) is 7.44. The summed E-state index contributed by atoms with van der Waals surface area (Å²) >= 11 is 0. The summed E-state index contributed by atoms with van der Waals surface area (Å²) in [4.78, 5) is 27.8. The first kappa shape index (κ1) is 15.6. The molecule has 0 radical (unpaired) electrons. The maximum absolute atomic E-state index is 12.1. The molecule has 0 spiro atoms. The number of amides is 2. The van der Waals surface area contributed by atoms with E-state index in [4.69, 9.17) is 4.42 Å². The molecule has 6 nitrogen and oxygen atoms in total. The number of nitrogens with zero attached hydrogens (tertiary/aromatic N) is 2. The fraction of sp³-hybridized carbons (Fsp3) is 0.600. The minimum absolute atomic E-state index is 0.0511. The third-order valence-electron chi connectivity index (χ3n) is 3.78. The standard InChI is InChI=1S/C15H23N3O3/c1-3-12(2)16-14(19)11-17-6-8-18(9-7-17)15(20)13-5-4-10-21-13/h4-5,10,12H,3,6-9,11H2,1-2H3,(H,16,19). The number of nitrogens with one attached hydrogen (secondary N) is 1. The van der Waals surface area contributed by atoms with Crippen molar-refractivity contribution < 1.29 is 14.0 Å². The van der Waals surface area contributed by atoms with Gasteiger partial charge in [-0.25, -0.2) is 0 Å². The smallest absolute Gasteiger partial charge is 0.289 e. The van der Waals surface area contributed by atoms with Crippen LogP contribution in [0.5, 0.6) is 0 Å². The lowest BCUT2D eigenvalue weighted by Crippen LogP contribution is -2.51. The molecular formula is C15H23N3O3. The fourth-order valence-electron chi connectivity index (χ4n) is 2.29. The zero-order chi connectivity index (χ0) is 15.2. The molecule has 0 saturated carbocycles. The Labute approximate surface area is 125 Å². The van der Waals surface area contributed by atoms with Gasteiger partial charge in [0.05, 0.1) is 12.8 Å². The Bertz CT molecular complexity index is 465. The predicted molar refractivity (Wildman–Crippen MR) is 78.9 cm³/mol. The largest absolute Gasteiger partial charge is 0.459 e. The number of rotatable bonds is 5. The summed E-state index contributed by atoms with van der Waals surface area (Å²) in [5, 5.41) is 2.96. The van der Waals surface area contributed by atoms with Crippen molar-refractivity contribution in [1.82, 2.24) is 15.1 Å². The van der Waals surface area contributed by atoms with Crippen molar-refractivity contribution in [3.8, 4) is 0 Å². The van der Waals surface area contributed by atoms with Crippen LogP contribution >= 0.6 is 0 Å². The molecule has 2 rings (SSSR count). The molecule has 2 heterocycles. The summed E-state index contributed by atoms with van der Waals surface area (Å²) in [5.74, 6) is 0.344. The monoisotopic (exact) mass is 293 g/mol. The zero-order valence-corrected chi connectivity index (χ0v) is 12.7. The van der Waals surface area contributed by atoms with Crippen molar-refractivity contribution in [3.63, 3.8) is 0 Å². The molecule has 1 aromatic heterocycles. The summed E-state index contributed by atoms with van der Waals surface area (Å²) in [6, 6.07) is 3.59. The normalized spacial score (nSPS) is 17.5. The van der Waals surface area contributed by atoms with Gasteiger partial charge < -0.3 is 14.6 Å². The number of hydrogen-bond donors (Lipinski definition) is 1. The second-order valence-corrected chi connectivity index (χ2v) is 5.42. The third-order valence-corrected chi connectivity index (χ3v) is 3.78. The van der Waals surface area contributed by atoms with Gasteiger partial charge in [-0.15, -0.1) is 0 Å². The van der Waals surface area contributed by atoms with Gasteiger partial charge in [0.1, 0.15) is 0 Å². The van der Waals surface area contributed by atoms with E-state index < -0.39 is 0 Å². The van der Waals surface area contributed by atoms with Gasteiger partial charge in [0, 0.05) is 32.2 Å². The lowest BCUT2D eigenvalue weighted by atomic mass is 10.2. The van der Waals surface area contributed by atoms with E-state index in [1.807, 2.05) is 13.8 Å². The fourth-order valence-corrected chi connectivity index (χ4v) is 2.29. The maximum Gasteiger partial charge on any atom is 0.289 e. The molecule has 1 unspecified atom stereocenters. The van der Waals surface area contributed by atoms with Crippen molar-refractivity contribution in [2.24, 2.45) is 0 Å². The second-order valence-electron chi connectivity index (χ2n) is 5.42. The van der Waals surface area contributed by atoms with Crippen molar-refractivity contribution in [1.29, 1.82) is 0 Å². The van der Waals surface area contributed by atoms with Crippen LogP contribution < -0.4 is 5.32 Å². The highest BCUT2D eigenvalue weighted by molar-refractivity contribution is 5.91. The molecule has 0 aromatic carbocycles. The van der Waals surface area contributed by atoms with E-state index in [0.717, 1.165) is 6.42 Å². The summed E-state index contributed by atoms with van der Waals surface area (Å²) < 4.78 is 5.13. The molecule has 116 valence electrons. The quantitative estimate of drug-likeness (QED) is 0.878. The summed E-state index contributed by atoms with van der Waals surface area (Å²) in [5.41, 5.74) is 0. The molecule has 1 aromatic rings. The summed E-state index contributed by atoms with van der Waals surface area (Å²) in [7, 11) is 0. The Kier molecular flexibility index (Phi) is 5.38. The molecule has 21 heavy (non-hydrogen) atoms. The van der Waals surface area contributed by atoms with Crippen molar-refractivity contribution in [2.75, 3.05) is 32.7 Å². The van der Waals surface area contributed by atoms with Gasteiger partial charge >= 0.3 is 0 Å². The van der Waals surface area contributed by atoms with Gasteiger partial charge in [0.25, 0.3) is 5.91 Å². The highest BCUT2D eigenvalue weighted by Crippen LogP contribution is 2.09. The Balaban J connectivity index is 1.76. The van der Waals surface area contributed by atoms with Gasteiger partial charge in [-0.3, -0.25) is 14.5 Å². The molecule has 2 amide bonds. The van der Waals surface area contributed by atoms with E-state index in [1.54, 1.807) is 17.0 Å². The van der Waals surface area contributed by atoms with Gasteiger partial charge in [0.15, 0.2) is 5.76 Å². The minimum Gasteiger partial charge on any atom is -0.459 e. The Morgan fingerprint density at radius 3 is 2.62 bits per heavy atom. The van der Waals surface area contributed by atoms with Crippen LogP contribution in [0, 0.1) is 0 Å². The first-order valence-corrected chi connectivity index (χ1v) is 7.44. The average Bonchev–Trinajstić information content (AvgIpc) is 3.01. The van der Waals surface area contributed by atoms with E-state index >= 15 is 0 Å². The molecule has 1 fully saturated rings. The van der Waals surface area contributed by atoms with Gasteiger partial charge in [-0.1, -0.05) is 6.92 Å². The highest BCUT2D eigenvalue weighted by atomic mass is 16.3. The van der Waals surface area contributed by atoms with E-state index in [0.29, 0.717) is 38.5 Å². The van der Waals surface area contributed by atoms with E-state index in [-0.39, 0.29) is 17.9 Å². The Morgan fingerprint density at radius 2 is 2.05 bits per heavy atom. The van der Waals surface area contributed by atoms with Crippen LogP contribution in [0.15, 0.2) is 22.8 Å². The topological polar surface area (TPSA) is 65.8 Å². The number of piperazine rings is 1. The maximum atomic E-state index is 12.1. The molecule has 1 aliphatic rings. The molecular weight excluding hydrogens is 270 g/mol. The van der Waals surface area contributed by atoms with Crippen LogP contribution in [-0.4, -0.2) is 60.4 Å².